The number of fused-ring (bicyclic) bond motifs is 3. The Morgan fingerprint density at radius 2 is 2.53 bits per heavy atom. The number of carbonyl (C=O) groups is 1. The van der Waals surface area contributed by atoms with Crippen LogP contribution in [-0.4, -0.2) is 11.6 Å². The minimum absolute atomic E-state index is 0.0235. The molecule has 3 rings (SSSR count). The molecular formula is C13H18O2. The zero-order valence-electron chi connectivity index (χ0n) is 9.29. The highest BCUT2D eigenvalue weighted by molar-refractivity contribution is 5.71. The molecule has 0 aromatic heterocycles. The van der Waals surface area contributed by atoms with Crippen LogP contribution in [0, 0.1) is 11.8 Å². The molecule has 0 spiro atoms. The van der Waals surface area contributed by atoms with Gasteiger partial charge in [-0.05, 0) is 43.6 Å². The second-order valence-corrected chi connectivity index (χ2v) is 5.14. The average Bonchev–Trinajstić information content (AvgIpc) is 2.85. The highest BCUT2D eigenvalue weighted by Crippen LogP contribution is 2.65. The number of hydrogen-bond acceptors (Lipinski definition) is 2. The smallest absolute Gasteiger partial charge is 0.306 e. The van der Waals surface area contributed by atoms with E-state index in [1.165, 1.54) is 31.3 Å². The van der Waals surface area contributed by atoms with E-state index in [9.17, 15) is 4.79 Å². The molecule has 2 nitrogen and oxygen atoms in total. The topological polar surface area (TPSA) is 26.3 Å². The van der Waals surface area contributed by atoms with Gasteiger partial charge in [0, 0.05) is 12.3 Å². The summed E-state index contributed by atoms with van der Waals surface area (Å²) in [5.41, 5.74) is 1.36. The normalized spacial score (nSPS) is 41.5. The van der Waals surface area contributed by atoms with Crippen molar-refractivity contribution in [3.8, 4) is 0 Å². The van der Waals surface area contributed by atoms with Crippen molar-refractivity contribution in [1.29, 1.82) is 0 Å². The molecule has 0 aromatic rings. The summed E-state index contributed by atoms with van der Waals surface area (Å²) < 4.78 is 5.68. The van der Waals surface area contributed by atoms with Gasteiger partial charge < -0.3 is 4.74 Å². The second-order valence-electron chi connectivity index (χ2n) is 5.14. The summed E-state index contributed by atoms with van der Waals surface area (Å²) in [5, 5.41) is 0. The lowest BCUT2D eigenvalue weighted by Gasteiger charge is -2.25. The molecule has 15 heavy (non-hydrogen) atoms. The van der Waals surface area contributed by atoms with Crippen LogP contribution >= 0.6 is 0 Å². The highest BCUT2D eigenvalue weighted by atomic mass is 16.6. The molecule has 3 aliphatic rings. The van der Waals surface area contributed by atoms with Crippen molar-refractivity contribution in [2.24, 2.45) is 11.8 Å². The number of hydrogen-bond donors (Lipinski definition) is 0. The molecule has 0 amide bonds. The lowest BCUT2D eigenvalue weighted by molar-refractivity contribution is -0.149. The molecule has 0 bridgehead atoms. The summed E-state index contributed by atoms with van der Waals surface area (Å²) in [6, 6.07) is 0. The fourth-order valence-electron chi connectivity index (χ4n) is 3.44. The second kappa shape index (κ2) is 3.10. The summed E-state index contributed by atoms with van der Waals surface area (Å²) >= 11 is 0. The maximum Gasteiger partial charge on any atom is 0.306 e. The molecule has 2 saturated carbocycles. The van der Waals surface area contributed by atoms with Gasteiger partial charge in [0.05, 0.1) is 0 Å². The molecule has 0 aromatic carbocycles. The van der Waals surface area contributed by atoms with Crippen LogP contribution in [0.4, 0.5) is 0 Å². The van der Waals surface area contributed by atoms with Gasteiger partial charge in [0.1, 0.15) is 5.60 Å². The first-order valence-electron chi connectivity index (χ1n) is 6.18. The lowest BCUT2D eigenvalue weighted by atomic mass is 9.86. The summed E-state index contributed by atoms with van der Waals surface area (Å²) in [7, 11) is 0. The van der Waals surface area contributed by atoms with E-state index in [2.05, 4.69) is 6.08 Å². The third kappa shape index (κ3) is 1.27. The van der Waals surface area contributed by atoms with Gasteiger partial charge in [0.15, 0.2) is 0 Å². The van der Waals surface area contributed by atoms with Gasteiger partial charge in [-0.25, -0.2) is 0 Å². The van der Waals surface area contributed by atoms with Crippen LogP contribution in [-0.2, 0) is 9.53 Å². The molecule has 0 heterocycles. The molecule has 2 fully saturated rings. The van der Waals surface area contributed by atoms with Crippen molar-refractivity contribution >= 4 is 5.97 Å². The van der Waals surface area contributed by atoms with E-state index in [-0.39, 0.29) is 11.6 Å². The Kier molecular flexibility index (Phi) is 1.95. The Balaban J connectivity index is 1.82. The van der Waals surface area contributed by atoms with Crippen LogP contribution in [0.2, 0.25) is 0 Å². The van der Waals surface area contributed by atoms with Crippen LogP contribution in [0.15, 0.2) is 11.6 Å². The predicted octanol–water partition coefficient (Wildman–Crippen LogP) is 2.83. The molecule has 3 unspecified atom stereocenters. The zero-order chi connectivity index (χ0) is 10.5. The van der Waals surface area contributed by atoms with Gasteiger partial charge in [0.25, 0.3) is 0 Å². The largest absolute Gasteiger partial charge is 0.454 e. The van der Waals surface area contributed by atoms with E-state index in [0.717, 1.165) is 12.3 Å². The van der Waals surface area contributed by atoms with Crippen LogP contribution in [0.1, 0.15) is 45.4 Å². The maximum absolute atomic E-state index is 11.4. The van der Waals surface area contributed by atoms with E-state index in [0.29, 0.717) is 12.3 Å². The first kappa shape index (κ1) is 9.44. The molecule has 0 N–H and O–H groups in total. The quantitative estimate of drug-likeness (QED) is 0.513. The van der Waals surface area contributed by atoms with E-state index in [4.69, 9.17) is 4.74 Å². The molecule has 3 atom stereocenters. The van der Waals surface area contributed by atoms with Crippen LogP contribution in [0.25, 0.3) is 0 Å². The van der Waals surface area contributed by atoms with Crippen LogP contribution in [0.5, 0.6) is 0 Å². The molecule has 0 radical (unpaired) electrons. The number of carbonyl (C=O) groups excluding carboxylic acids is 1. The Morgan fingerprint density at radius 3 is 3.33 bits per heavy atom. The van der Waals surface area contributed by atoms with Crippen molar-refractivity contribution < 1.29 is 9.53 Å². The van der Waals surface area contributed by atoms with E-state index >= 15 is 0 Å². The fraction of sp³-hybridized carbons (Fsp3) is 0.769. The van der Waals surface area contributed by atoms with E-state index in [1.54, 1.807) is 0 Å². The van der Waals surface area contributed by atoms with Crippen LogP contribution in [0.3, 0.4) is 0 Å². The van der Waals surface area contributed by atoms with E-state index in [1.807, 2.05) is 6.92 Å². The predicted molar refractivity (Wildman–Crippen MR) is 57.3 cm³/mol. The van der Waals surface area contributed by atoms with Crippen molar-refractivity contribution in [3.63, 3.8) is 0 Å². The average molecular weight is 206 g/mol. The third-order valence-electron chi connectivity index (χ3n) is 4.25. The Hall–Kier alpha value is -0.790. The van der Waals surface area contributed by atoms with Crippen molar-refractivity contribution in [3.05, 3.63) is 11.6 Å². The number of ether oxygens (including phenoxy) is 1. The van der Waals surface area contributed by atoms with Gasteiger partial charge >= 0.3 is 5.97 Å². The van der Waals surface area contributed by atoms with Crippen molar-refractivity contribution in [2.45, 2.75) is 51.0 Å². The summed E-state index contributed by atoms with van der Waals surface area (Å²) in [6.45, 7) is 1.87. The molecule has 3 aliphatic carbocycles. The van der Waals surface area contributed by atoms with Crippen molar-refractivity contribution in [1.82, 2.24) is 0 Å². The minimum Gasteiger partial charge on any atom is -0.454 e. The zero-order valence-corrected chi connectivity index (χ0v) is 9.29. The first-order valence-corrected chi connectivity index (χ1v) is 6.18. The molecule has 2 heteroatoms. The standard InChI is InChI=1S/C13H18O2/c1-2-12(14)15-13-8-10(13)7-9-5-3-4-6-11(9)13/h6,9-10H,2-5,7-8H2,1H3. The Labute approximate surface area is 90.7 Å². The monoisotopic (exact) mass is 206 g/mol. The lowest BCUT2D eigenvalue weighted by Crippen LogP contribution is -2.24. The molecule has 0 saturated heterocycles. The SMILES string of the molecule is CCC(=O)OC12CC1CC1CCCC=C12. The van der Waals surface area contributed by atoms with Crippen molar-refractivity contribution in [2.75, 3.05) is 0 Å². The van der Waals surface area contributed by atoms with Gasteiger partial charge in [-0.1, -0.05) is 13.0 Å². The van der Waals surface area contributed by atoms with Crippen LogP contribution < -0.4 is 0 Å². The van der Waals surface area contributed by atoms with Gasteiger partial charge in [-0.2, -0.15) is 0 Å². The molecular weight excluding hydrogens is 188 g/mol. The molecule has 0 aliphatic heterocycles. The van der Waals surface area contributed by atoms with Gasteiger partial charge in [-0.15, -0.1) is 0 Å². The first-order chi connectivity index (χ1) is 7.26. The highest BCUT2D eigenvalue weighted by Gasteiger charge is 2.66. The number of rotatable bonds is 2. The van der Waals surface area contributed by atoms with Gasteiger partial charge in [-0.3, -0.25) is 4.79 Å². The summed E-state index contributed by atoms with van der Waals surface area (Å²) in [5.74, 6) is 1.37. The molecule has 82 valence electrons. The summed E-state index contributed by atoms with van der Waals surface area (Å²) in [6.07, 6.45) is 9.04. The summed E-state index contributed by atoms with van der Waals surface area (Å²) in [4.78, 5) is 11.4. The minimum atomic E-state index is -0.113. The van der Waals surface area contributed by atoms with E-state index < -0.39 is 0 Å². The Morgan fingerprint density at radius 1 is 1.67 bits per heavy atom. The number of allylic oxidation sites excluding steroid dienone is 1. The maximum atomic E-state index is 11.4. The number of esters is 1. The van der Waals surface area contributed by atoms with Gasteiger partial charge in [0.2, 0.25) is 0 Å². The third-order valence-corrected chi connectivity index (χ3v) is 4.25. The fourth-order valence-corrected chi connectivity index (χ4v) is 3.44. The Bertz CT molecular complexity index is 331.